The van der Waals surface area contributed by atoms with E-state index in [9.17, 15) is 9.59 Å². The van der Waals surface area contributed by atoms with Crippen LogP contribution in [0.4, 0.5) is 0 Å². The van der Waals surface area contributed by atoms with Crippen LogP contribution in [0.25, 0.3) is 6.08 Å². The van der Waals surface area contributed by atoms with Crippen molar-refractivity contribution in [1.29, 1.82) is 0 Å². The van der Waals surface area contributed by atoms with E-state index in [2.05, 4.69) is 4.98 Å². The first-order chi connectivity index (χ1) is 13.9. The Bertz CT molecular complexity index is 1150. The van der Waals surface area contributed by atoms with E-state index in [1.165, 1.54) is 24.5 Å². The van der Waals surface area contributed by atoms with Crippen LogP contribution in [0.15, 0.2) is 60.6 Å². The molecule has 0 radical (unpaired) electrons. The monoisotopic (exact) mass is 425 g/mol. The number of hydrogen-bond donors (Lipinski definition) is 0. The van der Waals surface area contributed by atoms with Crippen LogP contribution >= 0.6 is 23.2 Å². The Morgan fingerprint density at radius 2 is 1.79 bits per heavy atom. The number of aryl methyl sites for hydroxylation is 1. The van der Waals surface area contributed by atoms with E-state index in [1.54, 1.807) is 43.3 Å². The Kier molecular flexibility index (Phi) is 5.09. The number of carbonyl (C=O) groups excluding carboxylic acids is 2. The van der Waals surface area contributed by atoms with Crippen molar-refractivity contribution in [3.8, 4) is 11.5 Å². The molecular formula is C22H13Cl2NO4. The lowest BCUT2D eigenvalue weighted by Gasteiger charge is -2.07. The minimum atomic E-state index is -0.533. The van der Waals surface area contributed by atoms with Gasteiger partial charge < -0.3 is 9.47 Å². The maximum absolute atomic E-state index is 12.8. The Hall–Kier alpha value is -3.15. The number of nitrogens with zero attached hydrogens (tertiary/aromatic N) is 1. The summed E-state index contributed by atoms with van der Waals surface area (Å²) in [5.74, 6) is -0.152. The van der Waals surface area contributed by atoms with Gasteiger partial charge in [0.15, 0.2) is 5.76 Å². The summed E-state index contributed by atoms with van der Waals surface area (Å²) in [4.78, 5) is 28.9. The smallest absolute Gasteiger partial charge is 0.343 e. The molecule has 0 bridgehead atoms. The fourth-order valence-electron chi connectivity index (χ4n) is 2.97. The Balaban J connectivity index is 1.65. The minimum Gasteiger partial charge on any atom is -0.452 e. The molecule has 1 aromatic heterocycles. The van der Waals surface area contributed by atoms with Crippen molar-refractivity contribution in [3.63, 3.8) is 0 Å². The van der Waals surface area contributed by atoms with Crippen molar-refractivity contribution >= 4 is 41.0 Å². The zero-order valence-electron chi connectivity index (χ0n) is 15.1. The van der Waals surface area contributed by atoms with E-state index in [0.717, 1.165) is 0 Å². The van der Waals surface area contributed by atoms with Gasteiger partial charge in [0.2, 0.25) is 5.78 Å². The summed E-state index contributed by atoms with van der Waals surface area (Å²) >= 11 is 12.4. The number of fused-ring (bicyclic) bond motifs is 1. The first-order valence-electron chi connectivity index (χ1n) is 8.59. The van der Waals surface area contributed by atoms with Crippen LogP contribution in [0, 0.1) is 6.92 Å². The Morgan fingerprint density at radius 3 is 2.48 bits per heavy atom. The minimum absolute atomic E-state index is 0.0933. The van der Waals surface area contributed by atoms with Crippen LogP contribution in [-0.4, -0.2) is 16.7 Å². The van der Waals surface area contributed by atoms with Crippen molar-refractivity contribution in [3.05, 3.63) is 92.9 Å². The standard InChI is InChI=1S/C22H13Cl2NO4/c1-12-9-14(28-22(27)13-5-7-25-8-6-13)10-18-20(12)21(26)19(29-18)11-15-16(23)3-2-4-17(15)24/h2-11H,1H3/b19-11-. The average Bonchev–Trinajstić information content (AvgIpc) is 3.01. The summed E-state index contributed by atoms with van der Waals surface area (Å²) in [5.41, 5.74) is 1.89. The lowest BCUT2D eigenvalue weighted by molar-refractivity contribution is 0.0734. The molecule has 4 rings (SSSR count). The van der Waals surface area contributed by atoms with Crippen molar-refractivity contribution < 1.29 is 19.1 Å². The van der Waals surface area contributed by atoms with Gasteiger partial charge in [0.25, 0.3) is 0 Å². The lowest BCUT2D eigenvalue weighted by Crippen LogP contribution is -2.08. The lowest BCUT2D eigenvalue weighted by atomic mass is 10.0. The molecule has 0 spiro atoms. The van der Waals surface area contributed by atoms with Crippen LogP contribution in [-0.2, 0) is 0 Å². The molecule has 1 aliphatic heterocycles. The molecule has 0 saturated heterocycles. The second-order valence-corrected chi connectivity index (χ2v) is 7.13. The third-order valence-corrected chi connectivity index (χ3v) is 5.00. The molecule has 144 valence electrons. The van der Waals surface area contributed by atoms with Gasteiger partial charge in [0.05, 0.1) is 11.1 Å². The van der Waals surface area contributed by atoms with Crippen LogP contribution < -0.4 is 9.47 Å². The molecule has 0 fully saturated rings. The third-order valence-electron chi connectivity index (χ3n) is 4.35. The van der Waals surface area contributed by atoms with Gasteiger partial charge in [-0.15, -0.1) is 0 Å². The number of esters is 1. The molecule has 29 heavy (non-hydrogen) atoms. The fraction of sp³-hybridized carbons (Fsp3) is 0.0455. The highest BCUT2D eigenvalue weighted by atomic mass is 35.5. The van der Waals surface area contributed by atoms with Crippen molar-refractivity contribution in [1.82, 2.24) is 4.98 Å². The largest absolute Gasteiger partial charge is 0.452 e. The van der Waals surface area contributed by atoms with E-state index in [0.29, 0.717) is 38.0 Å². The van der Waals surface area contributed by atoms with Crippen molar-refractivity contribution in [2.45, 2.75) is 6.92 Å². The van der Waals surface area contributed by atoms with E-state index in [-0.39, 0.29) is 17.3 Å². The van der Waals surface area contributed by atoms with Gasteiger partial charge in [-0.05, 0) is 48.9 Å². The molecule has 0 atom stereocenters. The van der Waals surface area contributed by atoms with E-state index in [1.807, 2.05) is 0 Å². The Morgan fingerprint density at radius 1 is 1.10 bits per heavy atom. The van der Waals surface area contributed by atoms with Gasteiger partial charge >= 0.3 is 5.97 Å². The summed E-state index contributed by atoms with van der Waals surface area (Å²) in [6, 6.07) is 11.3. The number of rotatable bonds is 3. The molecular weight excluding hydrogens is 413 g/mol. The predicted octanol–water partition coefficient (Wildman–Crippen LogP) is 5.53. The molecule has 0 amide bonds. The zero-order chi connectivity index (χ0) is 20.5. The Labute approximate surface area is 176 Å². The third kappa shape index (κ3) is 3.75. The first kappa shape index (κ1) is 19.2. The predicted molar refractivity (Wildman–Crippen MR) is 110 cm³/mol. The molecule has 0 aliphatic carbocycles. The highest BCUT2D eigenvalue weighted by molar-refractivity contribution is 6.37. The summed E-state index contributed by atoms with van der Waals surface area (Å²) in [5, 5.41) is 0.807. The summed E-state index contributed by atoms with van der Waals surface area (Å²) in [7, 11) is 0. The van der Waals surface area contributed by atoms with Gasteiger partial charge in [-0.1, -0.05) is 29.3 Å². The van der Waals surface area contributed by atoms with Gasteiger partial charge in [-0.25, -0.2) is 4.79 Å². The summed E-state index contributed by atoms with van der Waals surface area (Å²) < 4.78 is 11.1. The topological polar surface area (TPSA) is 65.5 Å². The molecule has 3 aromatic rings. The molecule has 2 aromatic carbocycles. The number of carbonyl (C=O) groups is 2. The maximum atomic E-state index is 12.8. The number of benzene rings is 2. The maximum Gasteiger partial charge on any atom is 0.343 e. The number of allylic oxidation sites excluding steroid dienone is 1. The first-order valence-corrected chi connectivity index (χ1v) is 9.35. The molecule has 0 unspecified atom stereocenters. The van der Waals surface area contributed by atoms with E-state index < -0.39 is 5.97 Å². The van der Waals surface area contributed by atoms with Crippen LogP contribution in [0.5, 0.6) is 11.5 Å². The number of pyridine rings is 1. The number of hydrogen-bond acceptors (Lipinski definition) is 5. The quantitative estimate of drug-likeness (QED) is 0.313. The van der Waals surface area contributed by atoms with Gasteiger partial charge in [0.1, 0.15) is 11.5 Å². The van der Waals surface area contributed by atoms with Gasteiger partial charge in [-0.3, -0.25) is 9.78 Å². The molecule has 0 saturated carbocycles. The average molecular weight is 426 g/mol. The fourth-order valence-corrected chi connectivity index (χ4v) is 3.48. The van der Waals surface area contributed by atoms with Crippen LogP contribution in [0.3, 0.4) is 0 Å². The van der Waals surface area contributed by atoms with Crippen LogP contribution in [0.2, 0.25) is 10.0 Å². The van der Waals surface area contributed by atoms with Crippen molar-refractivity contribution in [2.75, 3.05) is 0 Å². The van der Waals surface area contributed by atoms with Gasteiger partial charge in [0, 0.05) is 34.1 Å². The van der Waals surface area contributed by atoms with Crippen LogP contribution in [0.1, 0.15) is 31.8 Å². The zero-order valence-corrected chi connectivity index (χ0v) is 16.6. The van der Waals surface area contributed by atoms with E-state index >= 15 is 0 Å². The number of halogens is 2. The molecule has 7 heteroatoms. The number of aromatic nitrogens is 1. The van der Waals surface area contributed by atoms with E-state index in [4.69, 9.17) is 32.7 Å². The number of Topliss-reactive ketones (excluding diaryl/α,β-unsaturated/α-hetero) is 1. The number of ketones is 1. The van der Waals surface area contributed by atoms with Crippen molar-refractivity contribution in [2.24, 2.45) is 0 Å². The normalized spacial score (nSPS) is 13.9. The van der Waals surface area contributed by atoms with Gasteiger partial charge in [-0.2, -0.15) is 0 Å². The second kappa shape index (κ2) is 7.70. The second-order valence-electron chi connectivity index (χ2n) is 6.31. The summed E-state index contributed by atoms with van der Waals surface area (Å²) in [6.07, 6.45) is 4.52. The highest BCUT2D eigenvalue weighted by Gasteiger charge is 2.30. The SMILES string of the molecule is Cc1cc(OC(=O)c2ccncc2)cc2c1C(=O)/C(=C/c1c(Cl)cccc1Cl)O2. The molecule has 5 nitrogen and oxygen atoms in total. The molecule has 2 heterocycles. The molecule has 1 aliphatic rings. The summed E-state index contributed by atoms with van der Waals surface area (Å²) in [6.45, 7) is 1.75. The molecule has 0 N–H and O–H groups in total. The highest BCUT2D eigenvalue weighted by Crippen LogP contribution is 2.38. The number of ether oxygens (including phenoxy) is 2.